The molecule has 41 heavy (non-hydrogen) atoms. The molecular weight excluding hydrogens is 536 g/mol. The molecule has 0 saturated carbocycles. The molecule has 0 bridgehead atoms. The quantitative estimate of drug-likeness (QED) is 0.130. The highest BCUT2D eigenvalue weighted by molar-refractivity contribution is 5.81. The van der Waals surface area contributed by atoms with E-state index < -0.39 is 36.3 Å². The number of rotatable bonds is 16. The number of para-hydroxylation sites is 2. The van der Waals surface area contributed by atoms with Crippen molar-refractivity contribution in [2.24, 2.45) is 0 Å². The molecule has 0 aliphatic rings. The topological polar surface area (TPSA) is 148 Å². The zero-order chi connectivity index (χ0) is 28.3. The van der Waals surface area contributed by atoms with Gasteiger partial charge < -0.3 is 39.1 Å². The lowest BCUT2D eigenvalue weighted by Crippen LogP contribution is -2.42. The molecule has 2 aromatic carbocycles. The molecule has 0 fully saturated rings. The number of hydrogen-bond acceptors (Lipinski definition) is 10. The van der Waals surface area contributed by atoms with Crippen LogP contribution in [-0.2, 0) is 28.5 Å². The first-order chi connectivity index (χ1) is 18.9. The highest BCUT2D eigenvalue weighted by Crippen LogP contribution is 2.11. The van der Waals surface area contributed by atoms with E-state index in [0.29, 0.717) is 11.5 Å². The van der Waals surface area contributed by atoms with E-state index in [1.165, 1.54) is 0 Å². The van der Waals surface area contributed by atoms with Crippen LogP contribution in [0.2, 0.25) is 0 Å². The minimum atomic E-state index is -0.958. The molecule has 0 heterocycles. The van der Waals surface area contributed by atoms with Crippen molar-refractivity contribution in [1.29, 1.82) is 0 Å². The minimum Gasteiger partial charge on any atom is -0.490 e. The van der Waals surface area contributed by atoms with E-state index >= 15 is 0 Å². The summed E-state index contributed by atoms with van der Waals surface area (Å²) in [5, 5.41) is 4.63. The van der Waals surface area contributed by atoms with E-state index in [1.807, 2.05) is 12.1 Å². The first-order valence-corrected chi connectivity index (χ1v) is 11.7. The third kappa shape index (κ3) is 15.9. The van der Waals surface area contributed by atoms with Crippen molar-refractivity contribution in [2.75, 3.05) is 33.1 Å². The molecule has 2 atom stereocenters. The van der Waals surface area contributed by atoms with Gasteiger partial charge >= 0.3 is 24.1 Å². The van der Waals surface area contributed by atoms with Crippen LogP contribution in [0.1, 0.15) is 14.9 Å². The number of hydrogen-bond donors (Lipinski definition) is 2. The van der Waals surface area contributed by atoms with E-state index in [9.17, 15) is 19.2 Å². The van der Waals surface area contributed by atoms with Crippen LogP contribution in [-0.4, -0.2) is 69.4 Å². The van der Waals surface area contributed by atoms with Crippen LogP contribution in [0.25, 0.3) is 0 Å². The molecule has 224 valence electrons. The average molecular weight is 575 g/mol. The van der Waals surface area contributed by atoms with E-state index in [4.69, 9.17) is 28.4 Å². The Morgan fingerprint density at radius 3 is 1.34 bits per heavy atom. The van der Waals surface area contributed by atoms with Crippen molar-refractivity contribution in [3.8, 4) is 11.5 Å². The van der Waals surface area contributed by atoms with Crippen molar-refractivity contribution in [3.05, 3.63) is 86.0 Å². The van der Waals surface area contributed by atoms with E-state index in [-0.39, 0.29) is 47.9 Å². The van der Waals surface area contributed by atoms with Gasteiger partial charge in [0.2, 0.25) is 0 Å². The summed E-state index contributed by atoms with van der Waals surface area (Å²) in [7, 11) is 0. The molecule has 2 rings (SSSR count). The Kier molecular flexibility index (Phi) is 18.4. The standard InChI is InChI=1S/C27H30N2O10.2CH4/c1-3-24(30)36-17-22(15-34-20-11-7-5-8-12-20)38-26(32)28-19-29-27(33)39-23(18-37-25(31)4-2)16-35-21-13-9-6-10-14-21;;/h3-14,22-23H,1-2,15-19H2,(H,28,32)(H,29,33);2*1H4. The van der Waals surface area contributed by atoms with Gasteiger partial charge in [-0.25, -0.2) is 19.2 Å². The molecule has 2 amide bonds. The van der Waals surface area contributed by atoms with Crippen LogP contribution in [0.15, 0.2) is 86.0 Å². The zero-order valence-corrected chi connectivity index (χ0v) is 21.1. The fraction of sp³-hybridized carbons (Fsp3) is 0.310. The number of benzene rings is 2. The first kappa shape index (κ1) is 36.0. The fourth-order valence-electron chi connectivity index (χ4n) is 2.69. The predicted molar refractivity (Wildman–Crippen MR) is 151 cm³/mol. The smallest absolute Gasteiger partial charge is 0.409 e. The molecule has 12 heteroatoms. The lowest BCUT2D eigenvalue weighted by molar-refractivity contribution is -0.142. The molecule has 0 aromatic heterocycles. The van der Waals surface area contributed by atoms with Gasteiger partial charge in [-0.15, -0.1) is 0 Å². The summed E-state index contributed by atoms with van der Waals surface area (Å²) in [4.78, 5) is 47.2. The maximum absolute atomic E-state index is 12.2. The molecular formula is C29H38N2O10. The van der Waals surface area contributed by atoms with Crippen LogP contribution in [0.5, 0.6) is 11.5 Å². The molecule has 0 saturated heterocycles. The van der Waals surface area contributed by atoms with E-state index in [2.05, 4.69) is 23.8 Å². The first-order valence-electron chi connectivity index (χ1n) is 11.7. The van der Waals surface area contributed by atoms with Crippen LogP contribution in [0, 0.1) is 0 Å². The second-order valence-corrected chi connectivity index (χ2v) is 7.50. The van der Waals surface area contributed by atoms with E-state index in [0.717, 1.165) is 12.2 Å². The van der Waals surface area contributed by atoms with Gasteiger partial charge in [-0.3, -0.25) is 0 Å². The van der Waals surface area contributed by atoms with Crippen molar-refractivity contribution >= 4 is 24.1 Å². The fourth-order valence-corrected chi connectivity index (χ4v) is 2.69. The highest BCUT2D eigenvalue weighted by atomic mass is 16.6. The Balaban J connectivity index is 0.00000800. The number of ether oxygens (including phenoxy) is 6. The van der Waals surface area contributed by atoms with Crippen LogP contribution in [0.3, 0.4) is 0 Å². The largest absolute Gasteiger partial charge is 0.490 e. The third-order valence-corrected chi connectivity index (χ3v) is 4.53. The maximum Gasteiger partial charge on any atom is 0.409 e. The summed E-state index contributed by atoms with van der Waals surface area (Å²) in [6, 6.07) is 17.5. The number of carbonyl (C=O) groups excluding carboxylic acids is 4. The van der Waals surface area contributed by atoms with Gasteiger partial charge in [0.05, 0.1) is 6.67 Å². The second kappa shape index (κ2) is 20.9. The van der Waals surface area contributed by atoms with Crippen molar-refractivity contribution < 1.29 is 47.6 Å². The van der Waals surface area contributed by atoms with Gasteiger partial charge in [0, 0.05) is 12.2 Å². The van der Waals surface area contributed by atoms with Crippen LogP contribution >= 0.6 is 0 Å². The van der Waals surface area contributed by atoms with E-state index in [1.54, 1.807) is 48.5 Å². The Bertz CT molecular complexity index is 994. The highest BCUT2D eigenvalue weighted by Gasteiger charge is 2.20. The Labute approximate surface area is 240 Å². The average Bonchev–Trinajstić information content (AvgIpc) is 2.96. The molecule has 12 nitrogen and oxygen atoms in total. The molecule has 2 unspecified atom stereocenters. The molecule has 0 aliphatic carbocycles. The summed E-state index contributed by atoms with van der Waals surface area (Å²) in [6.07, 6.45) is -1.81. The van der Waals surface area contributed by atoms with Crippen molar-refractivity contribution in [1.82, 2.24) is 10.6 Å². The van der Waals surface area contributed by atoms with Gasteiger partial charge in [0.25, 0.3) is 0 Å². The summed E-state index contributed by atoms with van der Waals surface area (Å²) in [6.45, 7) is 5.46. The van der Waals surface area contributed by atoms with Gasteiger partial charge in [0.1, 0.15) is 37.9 Å². The van der Waals surface area contributed by atoms with Crippen molar-refractivity contribution in [3.63, 3.8) is 0 Å². The molecule has 0 aliphatic heterocycles. The van der Waals surface area contributed by atoms with Crippen LogP contribution < -0.4 is 20.1 Å². The van der Waals surface area contributed by atoms with Crippen LogP contribution in [0.4, 0.5) is 9.59 Å². The monoisotopic (exact) mass is 574 g/mol. The second-order valence-electron chi connectivity index (χ2n) is 7.50. The van der Waals surface area contributed by atoms with Gasteiger partial charge in [-0.1, -0.05) is 64.4 Å². The number of carbonyl (C=O) groups is 4. The zero-order valence-electron chi connectivity index (χ0n) is 21.1. The number of alkyl carbamates (subject to hydrolysis) is 2. The normalized spacial score (nSPS) is 10.9. The number of esters is 2. The Morgan fingerprint density at radius 2 is 1.00 bits per heavy atom. The Hall–Kier alpha value is -5.00. The lowest BCUT2D eigenvalue weighted by Gasteiger charge is -2.20. The number of nitrogens with one attached hydrogen (secondary N) is 2. The summed E-state index contributed by atoms with van der Waals surface area (Å²) < 4.78 is 31.5. The summed E-state index contributed by atoms with van der Waals surface area (Å²) in [5.74, 6) is -0.346. The third-order valence-electron chi connectivity index (χ3n) is 4.53. The van der Waals surface area contributed by atoms with Gasteiger partial charge in [-0.05, 0) is 24.3 Å². The molecule has 0 radical (unpaired) electrons. The molecule has 2 aromatic rings. The maximum atomic E-state index is 12.2. The number of amides is 2. The summed E-state index contributed by atoms with van der Waals surface area (Å²) in [5.41, 5.74) is 0. The SMILES string of the molecule is C.C.C=CC(=O)OCC(COc1ccccc1)OC(=O)NCNC(=O)OC(COC(=O)C=C)COc1ccccc1. The lowest BCUT2D eigenvalue weighted by atomic mass is 10.3. The van der Waals surface area contributed by atoms with Gasteiger partial charge in [0.15, 0.2) is 12.2 Å². The Morgan fingerprint density at radius 1 is 0.634 bits per heavy atom. The molecule has 2 N–H and O–H groups in total. The van der Waals surface area contributed by atoms with Gasteiger partial charge in [-0.2, -0.15) is 0 Å². The molecule has 0 spiro atoms. The summed E-state index contributed by atoms with van der Waals surface area (Å²) >= 11 is 0. The minimum absolute atomic E-state index is 0. The predicted octanol–water partition coefficient (Wildman–Crippen LogP) is 4.02. The van der Waals surface area contributed by atoms with Crippen molar-refractivity contribution in [2.45, 2.75) is 27.1 Å².